The van der Waals surface area contributed by atoms with E-state index >= 15 is 0 Å². The molecule has 0 radical (unpaired) electrons. The van der Waals surface area contributed by atoms with E-state index in [1.165, 1.54) is 5.56 Å². The van der Waals surface area contributed by atoms with Crippen LogP contribution in [0.4, 0.5) is 11.5 Å². The Kier molecular flexibility index (Phi) is 4.88. The first kappa shape index (κ1) is 19.6. The number of para-hydroxylation sites is 1. The molecule has 2 aromatic carbocycles. The lowest BCUT2D eigenvalue weighted by Gasteiger charge is -2.18. The molecule has 2 aromatic heterocycles. The minimum absolute atomic E-state index is 0.440. The van der Waals surface area contributed by atoms with Gasteiger partial charge in [0.1, 0.15) is 5.69 Å². The fourth-order valence-corrected chi connectivity index (χ4v) is 4.35. The number of nitrogens with one attached hydrogen (secondary N) is 2. The van der Waals surface area contributed by atoms with E-state index in [0.717, 1.165) is 46.8 Å². The smallest absolute Gasteiger partial charge is 0.423 e. The lowest BCUT2D eigenvalue weighted by molar-refractivity contribution is 0.426. The van der Waals surface area contributed by atoms with Gasteiger partial charge < -0.3 is 25.2 Å². The maximum absolute atomic E-state index is 9.76. The van der Waals surface area contributed by atoms with Crippen LogP contribution in [0.1, 0.15) is 17.0 Å². The van der Waals surface area contributed by atoms with Crippen molar-refractivity contribution in [3.05, 3.63) is 65.5 Å². The van der Waals surface area contributed by atoms with Crippen LogP contribution in [-0.4, -0.2) is 45.7 Å². The largest absolute Gasteiger partial charge is 0.490 e. The van der Waals surface area contributed by atoms with Crippen molar-refractivity contribution in [2.75, 3.05) is 23.8 Å². The number of aromatic amines is 1. The molecule has 0 unspecified atom stereocenters. The molecule has 0 bridgehead atoms. The summed E-state index contributed by atoms with van der Waals surface area (Å²) >= 11 is 0. The van der Waals surface area contributed by atoms with Crippen LogP contribution in [0.5, 0.6) is 0 Å². The molecule has 3 heterocycles. The Balaban J connectivity index is 1.62. The van der Waals surface area contributed by atoms with E-state index in [2.05, 4.69) is 34.4 Å². The summed E-state index contributed by atoms with van der Waals surface area (Å²) in [6.07, 6.45) is 0.864. The van der Waals surface area contributed by atoms with Gasteiger partial charge in [0.25, 0.3) is 0 Å². The van der Waals surface area contributed by atoms with E-state index in [9.17, 15) is 10.0 Å². The number of likely N-dealkylation sites (N-methyl/N-ethyl adjacent to an activating group) is 1. The van der Waals surface area contributed by atoms with Crippen molar-refractivity contribution >= 4 is 35.0 Å². The van der Waals surface area contributed by atoms with Gasteiger partial charge in [0, 0.05) is 54.2 Å². The van der Waals surface area contributed by atoms with Gasteiger partial charge in [0.15, 0.2) is 11.6 Å². The molecule has 0 saturated heterocycles. The maximum atomic E-state index is 9.76. The van der Waals surface area contributed by atoms with E-state index in [1.54, 1.807) is 6.07 Å². The number of hydrogen-bond donors (Lipinski definition) is 4. The molecule has 1 aliphatic heterocycles. The fourth-order valence-electron chi connectivity index (χ4n) is 4.35. The highest BCUT2D eigenvalue weighted by Crippen LogP contribution is 2.37. The lowest BCUT2D eigenvalue weighted by Crippen LogP contribution is -2.30. The Morgan fingerprint density at radius 3 is 2.68 bits per heavy atom. The summed E-state index contributed by atoms with van der Waals surface area (Å²) in [4.78, 5) is 15.3. The Morgan fingerprint density at radius 2 is 1.90 bits per heavy atom. The Labute approximate surface area is 180 Å². The van der Waals surface area contributed by atoms with E-state index < -0.39 is 7.12 Å². The number of nitrogens with zero attached hydrogens (tertiary/aromatic N) is 3. The minimum Gasteiger partial charge on any atom is -0.423 e. The molecular weight excluding hydrogens is 389 g/mol. The van der Waals surface area contributed by atoms with Crippen LogP contribution >= 0.6 is 0 Å². The summed E-state index contributed by atoms with van der Waals surface area (Å²) in [6, 6.07) is 15.7. The van der Waals surface area contributed by atoms with E-state index in [1.807, 2.05) is 37.3 Å². The third kappa shape index (κ3) is 3.43. The van der Waals surface area contributed by atoms with Gasteiger partial charge in [-0.3, -0.25) is 0 Å². The number of benzene rings is 2. The van der Waals surface area contributed by atoms with Crippen LogP contribution in [0.15, 0.2) is 48.5 Å². The van der Waals surface area contributed by atoms with Gasteiger partial charge in [-0.05, 0) is 12.5 Å². The van der Waals surface area contributed by atoms with E-state index in [-0.39, 0.29) is 0 Å². The van der Waals surface area contributed by atoms with Gasteiger partial charge in [-0.2, -0.15) is 0 Å². The monoisotopic (exact) mass is 413 g/mol. The molecule has 0 spiro atoms. The first-order chi connectivity index (χ1) is 15.0. The fraction of sp³-hybridized carbons (Fsp3) is 0.217. The van der Waals surface area contributed by atoms with Crippen molar-refractivity contribution < 1.29 is 10.0 Å². The van der Waals surface area contributed by atoms with Crippen LogP contribution in [0.25, 0.3) is 22.3 Å². The molecule has 31 heavy (non-hydrogen) atoms. The van der Waals surface area contributed by atoms with Crippen LogP contribution in [0.3, 0.4) is 0 Å². The van der Waals surface area contributed by atoms with Crippen molar-refractivity contribution in [3.63, 3.8) is 0 Å². The van der Waals surface area contributed by atoms with Crippen molar-refractivity contribution in [1.82, 2.24) is 15.0 Å². The van der Waals surface area contributed by atoms with Gasteiger partial charge in [0.2, 0.25) is 0 Å². The van der Waals surface area contributed by atoms with Crippen LogP contribution < -0.4 is 15.7 Å². The molecule has 0 aliphatic carbocycles. The second kappa shape index (κ2) is 7.72. The average Bonchev–Trinajstić information content (AvgIpc) is 3.31. The van der Waals surface area contributed by atoms with Crippen molar-refractivity contribution in [2.45, 2.75) is 19.9 Å². The molecule has 4 aromatic rings. The molecule has 0 fully saturated rings. The molecule has 5 rings (SSSR count). The highest BCUT2D eigenvalue weighted by molar-refractivity contribution is 6.61. The molecule has 1 aliphatic rings. The Bertz CT molecular complexity index is 1260. The summed E-state index contributed by atoms with van der Waals surface area (Å²) < 4.78 is 0. The highest BCUT2D eigenvalue weighted by Gasteiger charge is 2.26. The number of aromatic nitrogens is 3. The van der Waals surface area contributed by atoms with E-state index in [4.69, 9.17) is 9.97 Å². The first-order valence-corrected chi connectivity index (χ1v) is 10.4. The number of anilines is 2. The third-order valence-corrected chi connectivity index (χ3v) is 5.88. The van der Waals surface area contributed by atoms with E-state index in [0.29, 0.717) is 23.3 Å². The van der Waals surface area contributed by atoms with Gasteiger partial charge in [-0.1, -0.05) is 48.5 Å². The zero-order chi connectivity index (χ0) is 21.5. The van der Waals surface area contributed by atoms with Gasteiger partial charge in [0.05, 0.1) is 5.69 Å². The Hall–Kier alpha value is -3.36. The zero-order valence-corrected chi connectivity index (χ0v) is 17.6. The van der Waals surface area contributed by atoms with Crippen molar-refractivity contribution in [3.8, 4) is 11.4 Å². The topological polar surface area (TPSA) is 97.3 Å². The molecular formula is C23H24BN5O2. The molecule has 7 nitrogen and oxygen atoms in total. The molecule has 0 amide bonds. The second-order valence-corrected chi connectivity index (χ2v) is 7.97. The quantitative estimate of drug-likeness (QED) is 0.375. The van der Waals surface area contributed by atoms with Crippen molar-refractivity contribution in [2.24, 2.45) is 0 Å². The predicted octanol–water partition coefficient (Wildman–Crippen LogP) is 2.22. The average molecular weight is 413 g/mol. The minimum atomic E-state index is -1.55. The molecule has 156 valence electrons. The number of H-pyrrole nitrogens is 1. The number of rotatable bonds is 5. The predicted molar refractivity (Wildman–Crippen MR) is 125 cm³/mol. The van der Waals surface area contributed by atoms with Crippen LogP contribution in [0.2, 0.25) is 0 Å². The van der Waals surface area contributed by atoms with Gasteiger partial charge in [-0.25, -0.2) is 9.97 Å². The lowest BCUT2D eigenvalue weighted by atomic mass is 9.79. The molecule has 4 N–H and O–H groups in total. The molecule has 0 saturated carbocycles. The standard InChI is InChI=1S/C23H24BN5O2/c1-14-19(16-9-6-10-17(24(30)31)20(16)26-14)22-27-18-11-12-29(2)21(18)23(28-22)25-13-15-7-4-3-5-8-15/h3-10,26,30-31H,11-13H2,1-2H3,(H,25,27,28). The number of fused-ring (bicyclic) bond motifs is 2. The third-order valence-electron chi connectivity index (χ3n) is 5.88. The Morgan fingerprint density at radius 1 is 1.10 bits per heavy atom. The summed E-state index contributed by atoms with van der Waals surface area (Å²) in [5, 5.41) is 23.9. The first-order valence-electron chi connectivity index (χ1n) is 10.4. The summed E-state index contributed by atoms with van der Waals surface area (Å²) in [6.45, 7) is 3.54. The van der Waals surface area contributed by atoms with Crippen LogP contribution in [0, 0.1) is 6.92 Å². The summed E-state index contributed by atoms with van der Waals surface area (Å²) in [5.74, 6) is 1.45. The highest BCUT2D eigenvalue weighted by atomic mass is 16.4. The SMILES string of the molecule is Cc1[nH]c2c(B(O)O)cccc2c1-c1nc2c(c(NCc3ccccc3)n1)N(C)CC2. The number of hydrogen-bond acceptors (Lipinski definition) is 6. The second-order valence-electron chi connectivity index (χ2n) is 7.97. The number of aryl methyl sites for hydroxylation is 1. The van der Waals surface area contributed by atoms with Gasteiger partial charge >= 0.3 is 7.12 Å². The zero-order valence-electron chi connectivity index (χ0n) is 17.6. The normalized spacial score (nSPS) is 13.0. The van der Waals surface area contributed by atoms with Crippen LogP contribution in [-0.2, 0) is 13.0 Å². The summed E-state index contributed by atoms with van der Waals surface area (Å²) in [7, 11) is 0.515. The van der Waals surface area contributed by atoms with Gasteiger partial charge in [-0.15, -0.1) is 0 Å². The maximum Gasteiger partial charge on any atom is 0.490 e. The summed E-state index contributed by atoms with van der Waals surface area (Å²) in [5.41, 5.74) is 6.17. The molecule has 0 atom stereocenters. The van der Waals surface area contributed by atoms with Crippen molar-refractivity contribution in [1.29, 1.82) is 0 Å². The molecule has 8 heteroatoms.